The van der Waals surface area contributed by atoms with Gasteiger partial charge in [0.1, 0.15) is 5.60 Å². The zero-order valence-electron chi connectivity index (χ0n) is 16.8. The number of pyridine rings is 1. The monoisotopic (exact) mass is 360 g/mol. The maximum Gasteiger partial charge on any atom is 0.407 e. The van der Waals surface area contributed by atoms with Crippen LogP contribution in [0.3, 0.4) is 0 Å². The molecule has 0 spiro atoms. The number of rotatable bonds is 7. The third kappa shape index (κ3) is 6.02. The number of aromatic nitrogens is 2. The molecule has 2 aromatic rings. The van der Waals surface area contributed by atoms with Crippen molar-refractivity contribution >= 4 is 11.6 Å². The molecule has 0 aliphatic heterocycles. The van der Waals surface area contributed by atoms with Crippen LogP contribution in [0, 0.1) is 5.92 Å². The van der Waals surface area contributed by atoms with E-state index < -0.39 is 5.60 Å². The molecule has 2 N–H and O–H groups in total. The first-order valence-electron chi connectivity index (χ1n) is 9.21. The van der Waals surface area contributed by atoms with Crippen molar-refractivity contribution in [2.45, 2.75) is 65.6 Å². The number of fused-ring (bicyclic) bond motifs is 1. The predicted octanol–water partition coefficient (Wildman–Crippen LogP) is 3.75. The van der Waals surface area contributed by atoms with E-state index in [1.807, 2.05) is 49.8 Å². The summed E-state index contributed by atoms with van der Waals surface area (Å²) in [4.78, 5) is 12.0. The van der Waals surface area contributed by atoms with E-state index >= 15 is 0 Å². The predicted molar refractivity (Wildman–Crippen MR) is 104 cm³/mol. The van der Waals surface area contributed by atoms with Gasteiger partial charge in [-0.25, -0.2) is 9.31 Å². The molecule has 0 aromatic carbocycles. The number of nitrogens with one attached hydrogen (secondary N) is 2. The van der Waals surface area contributed by atoms with Gasteiger partial charge in [0.15, 0.2) is 0 Å². The van der Waals surface area contributed by atoms with Crippen LogP contribution in [0.15, 0.2) is 30.6 Å². The van der Waals surface area contributed by atoms with E-state index in [1.54, 1.807) is 0 Å². The maximum atomic E-state index is 12.0. The smallest absolute Gasteiger partial charge is 0.407 e. The molecule has 0 aliphatic carbocycles. The summed E-state index contributed by atoms with van der Waals surface area (Å²) in [6.07, 6.45) is 4.38. The third-order valence-corrected chi connectivity index (χ3v) is 4.09. The first-order chi connectivity index (χ1) is 12.1. The fraction of sp³-hybridized carbons (Fsp3) is 0.600. The Morgan fingerprint density at radius 1 is 1.27 bits per heavy atom. The second kappa shape index (κ2) is 8.08. The average molecular weight is 361 g/mol. The summed E-state index contributed by atoms with van der Waals surface area (Å²) in [5.41, 5.74) is 1.49. The van der Waals surface area contributed by atoms with E-state index in [-0.39, 0.29) is 11.6 Å². The molecule has 0 unspecified atom stereocenters. The summed E-state index contributed by atoms with van der Waals surface area (Å²) in [5.74, 6) is 0.497. The highest BCUT2D eigenvalue weighted by atomic mass is 16.6. The minimum atomic E-state index is -0.497. The fourth-order valence-corrected chi connectivity index (χ4v) is 3.12. The Morgan fingerprint density at radius 2 is 2.00 bits per heavy atom. The molecule has 0 saturated carbocycles. The molecule has 6 heteroatoms. The maximum absolute atomic E-state index is 12.0. The molecule has 0 bridgehead atoms. The Kier molecular flexibility index (Phi) is 6.29. The molecule has 1 atom stereocenters. The minimum Gasteiger partial charge on any atom is -0.444 e. The van der Waals surface area contributed by atoms with Gasteiger partial charge in [0, 0.05) is 30.4 Å². The highest BCUT2D eigenvalue weighted by Gasteiger charge is 2.27. The van der Waals surface area contributed by atoms with Gasteiger partial charge in [0.25, 0.3) is 0 Å². The number of amides is 1. The fourth-order valence-electron chi connectivity index (χ4n) is 3.12. The van der Waals surface area contributed by atoms with E-state index in [1.165, 1.54) is 0 Å². The molecule has 0 saturated heterocycles. The summed E-state index contributed by atoms with van der Waals surface area (Å²) in [6, 6.07) is 6.03. The highest BCUT2D eigenvalue weighted by Crippen LogP contribution is 2.18. The second-order valence-electron chi connectivity index (χ2n) is 8.57. The lowest BCUT2D eigenvalue weighted by molar-refractivity contribution is 0.0507. The number of alkyl carbamates (subject to hydrolysis) is 1. The van der Waals surface area contributed by atoms with Crippen molar-refractivity contribution in [2.24, 2.45) is 5.92 Å². The van der Waals surface area contributed by atoms with Crippen molar-refractivity contribution in [3.05, 3.63) is 36.2 Å². The van der Waals surface area contributed by atoms with E-state index in [4.69, 9.17) is 4.74 Å². The molecule has 0 radical (unpaired) electrons. The van der Waals surface area contributed by atoms with Crippen molar-refractivity contribution in [2.75, 3.05) is 6.54 Å². The third-order valence-electron chi connectivity index (χ3n) is 4.09. The molecule has 1 amide bonds. The minimum absolute atomic E-state index is 0.242. The number of hydrogen-bond acceptors (Lipinski definition) is 4. The van der Waals surface area contributed by atoms with Gasteiger partial charge in [0.2, 0.25) is 0 Å². The van der Waals surface area contributed by atoms with Crippen LogP contribution in [0.5, 0.6) is 0 Å². The zero-order valence-corrected chi connectivity index (χ0v) is 16.8. The Balaban J connectivity index is 2.02. The summed E-state index contributed by atoms with van der Waals surface area (Å²) < 4.78 is 7.23. The molecule has 2 rings (SSSR count). The molecule has 144 valence electrons. The molecule has 0 fully saturated rings. The molecule has 2 heterocycles. The van der Waals surface area contributed by atoms with Crippen molar-refractivity contribution in [3.8, 4) is 0 Å². The molecular weight excluding hydrogens is 328 g/mol. The van der Waals surface area contributed by atoms with Crippen molar-refractivity contribution in [1.29, 1.82) is 0 Å². The number of nitrogens with zero attached hydrogens (tertiary/aromatic N) is 2. The first kappa shape index (κ1) is 20.2. The Hall–Kier alpha value is -2.08. The molecule has 6 nitrogen and oxygen atoms in total. The van der Waals surface area contributed by atoms with Crippen LogP contribution in [0.1, 0.15) is 53.5 Å². The summed E-state index contributed by atoms with van der Waals surface area (Å²) in [5, 5.41) is 10.9. The van der Waals surface area contributed by atoms with Crippen LogP contribution < -0.4 is 10.6 Å². The van der Waals surface area contributed by atoms with Crippen LogP contribution in [0.4, 0.5) is 4.79 Å². The van der Waals surface area contributed by atoms with E-state index in [9.17, 15) is 4.79 Å². The van der Waals surface area contributed by atoms with Gasteiger partial charge in [-0.15, -0.1) is 0 Å². The lowest BCUT2D eigenvalue weighted by atomic mass is 9.90. The van der Waals surface area contributed by atoms with Crippen LogP contribution >= 0.6 is 0 Å². The van der Waals surface area contributed by atoms with Gasteiger partial charge in [-0.1, -0.05) is 19.9 Å². The van der Waals surface area contributed by atoms with Crippen molar-refractivity contribution < 1.29 is 9.53 Å². The first-order valence-corrected chi connectivity index (χ1v) is 9.21. The van der Waals surface area contributed by atoms with Crippen LogP contribution in [-0.4, -0.2) is 33.4 Å². The summed E-state index contributed by atoms with van der Waals surface area (Å²) >= 11 is 0. The van der Waals surface area contributed by atoms with Gasteiger partial charge in [-0.05, 0) is 52.2 Å². The van der Waals surface area contributed by atoms with Gasteiger partial charge in [-0.3, -0.25) is 0 Å². The normalized spacial score (nSPS) is 14.4. The lowest BCUT2D eigenvalue weighted by Gasteiger charge is -2.33. The van der Waals surface area contributed by atoms with Gasteiger partial charge >= 0.3 is 6.09 Å². The Bertz CT molecular complexity index is 733. The molecule has 26 heavy (non-hydrogen) atoms. The van der Waals surface area contributed by atoms with E-state index in [2.05, 4.69) is 42.6 Å². The second-order valence-corrected chi connectivity index (χ2v) is 8.57. The highest BCUT2D eigenvalue weighted by molar-refractivity contribution is 5.67. The molecule has 0 aliphatic rings. The van der Waals surface area contributed by atoms with Gasteiger partial charge in [-0.2, -0.15) is 5.10 Å². The topological polar surface area (TPSA) is 67.7 Å². The van der Waals surface area contributed by atoms with Crippen molar-refractivity contribution in [3.63, 3.8) is 0 Å². The number of hydrogen-bond donors (Lipinski definition) is 2. The zero-order chi connectivity index (χ0) is 19.4. The lowest BCUT2D eigenvalue weighted by Crippen LogP contribution is -2.52. The van der Waals surface area contributed by atoms with Gasteiger partial charge in [0.05, 0.1) is 11.7 Å². The standard InChI is InChI=1S/C20H32N4O2/c1-15(2)11-20(6,14-21-18(25)26-19(3,4)5)22-12-16-13-23-24-10-8-7-9-17(16)24/h7-10,13,15,22H,11-12,14H2,1-6H3,(H,21,25)/t20-/m1/s1. The quantitative estimate of drug-likeness (QED) is 0.789. The Labute approximate surface area is 156 Å². The van der Waals surface area contributed by atoms with Gasteiger partial charge < -0.3 is 15.4 Å². The van der Waals surface area contributed by atoms with Crippen LogP contribution in [0.2, 0.25) is 0 Å². The van der Waals surface area contributed by atoms with E-state index in [0.29, 0.717) is 19.0 Å². The van der Waals surface area contributed by atoms with Crippen LogP contribution in [0.25, 0.3) is 5.52 Å². The summed E-state index contributed by atoms with van der Waals surface area (Å²) in [6.45, 7) is 13.3. The molecular formula is C20H32N4O2. The summed E-state index contributed by atoms with van der Waals surface area (Å²) in [7, 11) is 0. The SMILES string of the molecule is CC(C)C[C@](C)(CNC(=O)OC(C)(C)C)NCc1cnn2ccccc12. The van der Waals surface area contributed by atoms with Crippen molar-refractivity contribution in [1.82, 2.24) is 20.2 Å². The van der Waals surface area contributed by atoms with Crippen LogP contribution in [-0.2, 0) is 11.3 Å². The Morgan fingerprint density at radius 3 is 2.65 bits per heavy atom. The number of carbonyl (C=O) groups is 1. The number of carbonyl (C=O) groups excluding carboxylic acids is 1. The average Bonchev–Trinajstić information content (AvgIpc) is 2.92. The number of ether oxygens (including phenoxy) is 1. The van der Waals surface area contributed by atoms with E-state index in [0.717, 1.165) is 17.5 Å². The largest absolute Gasteiger partial charge is 0.444 e. The molecule has 2 aromatic heterocycles.